The molecular weight excluding hydrogens is 334 g/mol. The van der Waals surface area contributed by atoms with Crippen molar-refractivity contribution < 1.29 is 23.9 Å². The zero-order valence-corrected chi connectivity index (χ0v) is 14.2. The first-order valence-electron chi connectivity index (χ1n) is 8.21. The van der Waals surface area contributed by atoms with Crippen molar-refractivity contribution in [3.8, 4) is 0 Å². The lowest BCUT2D eigenvalue weighted by Crippen LogP contribution is -2.41. The second kappa shape index (κ2) is 10.1. The Morgan fingerprint density at radius 3 is 1.88 bits per heavy atom. The summed E-state index contributed by atoms with van der Waals surface area (Å²) in [6.07, 6.45) is 0.205. The van der Waals surface area contributed by atoms with Crippen LogP contribution in [0, 0.1) is 5.92 Å². The first-order valence-corrected chi connectivity index (χ1v) is 8.21. The molecule has 2 aromatic carbocycles. The second-order valence-corrected chi connectivity index (χ2v) is 5.77. The average Bonchev–Trinajstić information content (AvgIpc) is 2.69. The van der Waals surface area contributed by atoms with Crippen LogP contribution in [-0.4, -0.2) is 24.3 Å². The number of rotatable bonds is 9. The van der Waals surface area contributed by atoms with Crippen LogP contribution in [0.4, 0.5) is 0 Å². The third-order valence-corrected chi connectivity index (χ3v) is 3.78. The van der Waals surface area contributed by atoms with Crippen molar-refractivity contribution in [3.05, 3.63) is 71.8 Å². The third-order valence-electron chi connectivity index (χ3n) is 3.78. The summed E-state index contributed by atoms with van der Waals surface area (Å²) in [6.45, 7) is 0.149. The molecule has 0 fully saturated rings. The molecule has 0 saturated heterocycles. The summed E-state index contributed by atoms with van der Waals surface area (Å²) in [5, 5.41) is 0. The molecule has 0 amide bonds. The summed E-state index contributed by atoms with van der Waals surface area (Å²) < 4.78 is 10.2. The zero-order valence-electron chi connectivity index (χ0n) is 14.2. The van der Waals surface area contributed by atoms with E-state index in [0.717, 1.165) is 11.1 Å². The van der Waals surface area contributed by atoms with Crippen molar-refractivity contribution in [1.29, 1.82) is 0 Å². The van der Waals surface area contributed by atoms with E-state index in [0.29, 0.717) is 6.29 Å². The predicted octanol–water partition coefficient (Wildman–Crippen LogP) is 2.01. The van der Waals surface area contributed by atoms with Gasteiger partial charge in [-0.25, -0.2) is 0 Å². The summed E-state index contributed by atoms with van der Waals surface area (Å²) in [5.74, 6) is -2.33. The van der Waals surface area contributed by atoms with Gasteiger partial charge in [0, 0.05) is 0 Å². The summed E-state index contributed by atoms with van der Waals surface area (Å²) in [7, 11) is 0. The molecular formula is C20H21NO5. The zero-order chi connectivity index (χ0) is 18.8. The fourth-order valence-electron chi connectivity index (χ4n) is 2.25. The SMILES string of the molecule is NC(C(=O)OCc1ccccc1)C(C=O)CC(=O)OCc1ccccc1. The molecule has 0 bridgehead atoms. The van der Waals surface area contributed by atoms with Crippen LogP contribution in [0.15, 0.2) is 60.7 Å². The molecule has 26 heavy (non-hydrogen) atoms. The maximum atomic E-state index is 12.0. The Morgan fingerprint density at radius 1 is 0.885 bits per heavy atom. The molecule has 6 nitrogen and oxygen atoms in total. The smallest absolute Gasteiger partial charge is 0.324 e. The maximum Gasteiger partial charge on any atom is 0.324 e. The highest BCUT2D eigenvalue weighted by molar-refractivity contribution is 5.83. The fraction of sp³-hybridized carbons (Fsp3) is 0.250. The van der Waals surface area contributed by atoms with Gasteiger partial charge in [-0.1, -0.05) is 60.7 Å². The van der Waals surface area contributed by atoms with E-state index in [4.69, 9.17) is 15.2 Å². The largest absolute Gasteiger partial charge is 0.461 e. The maximum absolute atomic E-state index is 12.0. The van der Waals surface area contributed by atoms with Gasteiger partial charge < -0.3 is 20.0 Å². The van der Waals surface area contributed by atoms with Gasteiger partial charge >= 0.3 is 11.9 Å². The van der Waals surface area contributed by atoms with Gasteiger partial charge in [-0.3, -0.25) is 9.59 Å². The van der Waals surface area contributed by atoms with E-state index >= 15 is 0 Å². The van der Waals surface area contributed by atoms with E-state index in [-0.39, 0.29) is 19.6 Å². The molecule has 0 aliphatic carbocycles. The number of esters is 2. The first-order chi connectivity index (χ1) is 12.6. The molecule has 6 heteroatoms. The Kier molecular flexibility index (Phi) is 7.51. The average molecular weight is 355 g/mol. The molecule has 0 aliphatic heterocycles. The number of hydrogen-bond acceptors (Lipinski definition) is 6. The molecule has 2 rings (SSSR count). The standard InChI is InChI=1S/C20H21NO5/c21-19(20(24)26-14-16-9-5-2-6-10-16)17(12-22)11-18(23)25-13-15-7-3-1-4-8-15/h1-10,12,17,19H,11,13-14,21H2. The van der Waals surface area contributed by atoms with Gasteiger partial charge in [0.15, 0.2) is 0 Å². The molecule has 136 valence electrons. The van der Waals surface area contributed by atoms with Crippen molar-refractivity contribution in [2.75, 3.05) is 0 Å². The normalized spacial score (nSPS) is 12.7. The van der Waals surface area contributed by atoms with Gasteiger partial charge in [-0.15, -0.1) is 0 Å². The van der Waals surface area contributed by atoms with Gasteiger partial charge in [-0.05, 0) is 11.1 Å². The minimum absolute atomic E-state index is 0.0530. The Labute approximate surface area is 151 Å². The highest BCUT2D eigenvalue weighted by Gasteiger charge is 2.28. The minimum Gasteiger partial charge on any atom is -0.461 e. The van der Waals surface area contributed by atoms with Gasteiger partial charge in [0.05, 0.1) is 12.3 Å². The number of hydrogen-bond donors (Lipinski definition) is 1. The molecule has 2 unspecified atom stereocenters. The van der Waals surface area contributed by atoms with Crippen LogP contribution in [0.2, 0.25) is 0 Å². The Bertz CT molecular complexity index is 717. The van der Waals surface area contributed by atoms with E-state index in [1.165, 1.54) is 0 Å². The van der Waals surface area contributed by atoms with Crippen LogP contribution in [0.25, 0.3) is 0 Å². The van der Waals surface area contributed by atoms with E-state index in [9.17, 15) is 14.4 Å². The summed E-state index contributed by atoms with van der Waals surface area (Å²) in [4.78, 5) is 35.2. The predicted molar refractivity (Wildman–Crippen MR) is 94.6 cm³/mol. The van der Waals surface area contributed by atoms with Crippen molar-refractivity contribution in [3.63, 3.8) is 0 Å². The molecule has 2 atom stereocenters. The van der Waals surface area contributed by atoms with Crippen LogP contribution < -0.4 is 5.73 Å². The molecule has 0 saturated carbocycles. The quantitative estimate of drug-likeness (QED) is 0.546. The Hall–Kier alpha value is -2.99. The number of ether oxygens (including phenoxy) is 2. The fourth-order valence-corrected chi connectivity index (χ4v) is 2.25. The van der Waals surface area contributed by atoms with Crippen molar-refractivity contribution in [1.82, 2.24) is 0 Å². The lowest BCUT2D eigenvalue weighted by atomic mass is 9.98. The highest BCUT2D eigenvalue weighted by atomic mass is 16.5. The number of carbonyl (C=O) groups is 3. The molecule has 0 aromatic heterocycles. The van der Waals surface area contributed by atoms with Crippen LogP contribution >= 0.6 is 0 Å². The lowest BCUT2D eigenvalue weighted by molar-refractivity contribution is -0.151. The number of nitrogens with two attached hydrogens (primary N) is 1. The van der Waals surface area contributed by atoms with Crippen molar-refractivity contribution in [2.24, 2.45) is 11.7 Å². The molecule has 2 aromatic rings. The topological polar surface area (TPSA) is 95.7 Å². The van der Waals surface area contributed by atoms with Gasteiger partial charge in [0.25, 0.3) is 0 Å². The first kappa shape index (κ1) is 19.3. The Balaban J connectivity index is 1.80. The van der Waals surface area contributed by atoms with Crippen LogP contribution in [0.1, 0.15) is 17.5 Å². The van der Waals surface area contributed by atoms with E-state index in [2.05, 4.69) is 0 Å². The monoisotopic (exact) mass is 355 g/mol. The van der Waals surface area contributed by atoms with E-state index in [1.807, 2.05) is 48.5 Å². The van der Waals surface area contributed by atoms with Crippen LogP contribution in [0.5, 0.6) is 0 Å². The Morgan fingerprint density at radius 2 is 1.38 bits per heavy atom. The summed E-state index contributed by atoms with van der Waals surface area (Å²) >= 11 is 0. The van der Waals surface area contributed by atoms with E-state index in [1.54, 1.807) is 12.1 Å². The highest BCUT2D eigenvalue weighted by Crippen LogP contribution is 2.11. The molecule has 2 N–H and O–H groups in total. The van der Waals surface area contributed by atoms with Crippen LogP contribution in [0.3, 0.4) is 0 Å². The second-order valence-electron chi connectivity index (χ2n) is 5.77. The minimum atomic E-state index is -1.22. The number of benzene rings is 2. The molecule has 0 spiro atoms. The summed E-state index contributed by atoms with van der Waals surface area (Å²) in [5.41, 5.74) is 7.41. The number of carbonyl (C=O) groups excluding carboxylic acids is 3. The van der Waals surface area contributed by atoms with E-state index < -0.39 is 23.9 Å². The molecule has 0 aliphatic rings. The van der Waals surface area contributed by atoms with Crippen molar-refractivity contribution >= 4 is 18.2 Å². The summed E-state index contributed by atoms with van der Waals surface area (Å²) in [6, 6.07) is 17.0. The number of aldehydes is 1. The molecule has 0 heterocycles. The molecule has 0 radical (unpaired) electrons. The third kappa shape index (κ3) is 6.14. The van der Waals surface area contributed by atoms with Gasteiger partial charge in [0.1, 0.15) is 25.5 Å². The lowest BCUT2D eigenvalue weighted by Gasteiger charge is -2.17. The van der Waals surface area contributed by atoms with Crippen LogP contribution in [-0.2, 0) is 37.1 Å². The van der Waals surface area contributed by atoms with Gasteiger partial charge in [0.2, 0.25) is 0 Å². The van der Waals surface area contributed by atoms with Gasteiger partial charge in [-0.2, -0.15) is 0 Å². The van der Waals surface area contributed by atoms with Crippen molar-refractivity contribution in [2.45, 2.75) is 25.7 Å².